The number of aromatic nitrogens is 1. The zero-order valence-electron chi connectivity index (χ0n) is 9.87. The molecule has 92 valence electrons. The smallest absolute Gasteiger partial charge is 0.0944 e. The van der Waals surface area contributed by atoms with Crippen molar-refractivity contribution >= 4 is 38.6 Å². The number of hydrogen-bond acceptors (Lipinski definition) is 4. The van der Waals surface area contributed by atoms with Gasteiger partial charge < -0.3 is 5.32 Å². The van der Waals surface area contributed by atoms with Gasteiger partial charge in [-0.3, -0.25) is 0 Å². The van der Waals surface area contributed by atoms with E-state index in [1.165, 1.54) is 19.2 Å². The van der Waals surface area contributed by atoms with Crippen molar-refractivity contribution in [2.24, 2.45) is 0 Å². The molecular weight excluding hydrogens is 316 g/mol. The van der Waals surface area contributed by atoms with Gasteiger partial charge in [-0.1, -0.05) is 6.92 Å². The maximum absolute atomic E-state index is 4.36. The molecule has 2 aromatic rings. The van der Waals surface area contributed by atoms with Gasteiger partial charge in [0.2, 0.25) is 0 Å². The fourth-order valence-corrected chi connectivity index (χ4v) is 4.01. The van der Waals surface area contributed by atoms with Crippen LogP contribution in [0.25, 0.3) is 0 Å². The minimum Gasteiger partial charge on any atom is -0.309 e. The van der Waals surface area contributed by atoms with Crippen LogP contribution < -0.4 is 5.32 Å². The van der Waals surface area contributed by atoms with Gasteiger partial charge >= 0.3 is 0 Å². The highest BCUT2D eigenvalue weighted by molar-refractivity contribution is 9.11. The van der Waals surface area contributed by atoms with E-state index >= 15 is 0 Å². The summed E-state index contributed by atoms with van der Waals surface area (Å²) in [5, 5.41) is 6.76. The standard InChI is InChI=1S/C12H15BrN2S2/c1-3-14-9(7-11-15-4-5-16-11)10-6-8(2)12(13)17-10/h4-6,9,14H,3,7H2,1-2H3. The second-order valence-corrected chi connectivity index (χ2v) is 7.23. The first-order chi connectivity index (χ1) is 8.20. The molecule has 1 atom stereocenters. The summed E-state index contributed by atoms with van der Waals surface area (Å²) in [6.45, 7) is 5.26. The Morgan fingerprint density at radius 3 is 2.88 bits per heavy atom. The van der Waals surface area contributed by atoms with E-state index in [1.54, 1.807) is 11.3 Å². The molecule has 0 fully saturated rings. The van der Waals surface area contributed by atoms with Crippen LogP contribution in [0.2, 0.25) is 0 Å². The summed E-state index contributed by atoms with van der Waals surface area (Å²) in [5.74, 6) is 0. The second kappa shape index (κ2) is 6.09. The van der Waals surface area contributed by atoms with E-state index in [2.05, 4.69) is 46.1 Å². The van der Waals surface area contributed by atoms with Crippen molar-refractivity contribution in [3.05, 3.63) is 36.9 Å². The molecule has 0 saturated heterocycles. The molecule has 17 heavy (non-hydrogen) atoms. The molecule has 1 N–H and O–H groups in total. The minimum atomic E-state index is 0.376. The first-order valence-corrected chi connectivity index (χ1v) is 8.07. The van der Waals surface area contributed by atoms with Gasteiger partial charge in [-0.25, -0.2) is 4.98 Å². The number of thiophene rings is 1. The van der Waals surface area contributed by atoms with E-state index in [0.717, 1.165) is 13.0 Å². The number of rotatable bonds is 5. The molecule has 0 aliphatic rings. The molecule has 0 spiro atoms. The van der Waals surface area contributed by atoms with Crippen molar-refractivity contribution in [1.29, 1.82) is 0 Å². The molecule has 0 radical (unpaired) electrons. The Balaban J connectivity index is 2.16. The van der Waals surface area contributed by atoms with Crippen LogP contribution in [0.3, 0.4) is 0 Å². The predicted octanol–water partition coefficient (Wildman–Crippen LogP) is 4.17. The Labute approximate surface area is 118 Å². The van der Waals surface area contributed by atoms with E-state index in [0.29, 0.717) is 6.04 Å². The third-order valence-electron chi connectivity index (χ3n) is 2.53. The molecule has 0 aromatic carbocycles. The van der Waals surface area contributed by atoms with E-state index < -0.39 is 0 Å². The fourth-order valence-electron chi connectivity index (χ4n) is 1.70. The maximum Gasteiger partial charge on any atom is 0.0944 e. The van der Waals surface area contributed by atoms with Crippen molar-refractivity contribution in [2.75, 3.05) is 6.54 Å². The van der Waals surface area contributed by atoms with Crippen LogP contribution in [0.1, 0.15) is 28.4 Å². The van der Waals surface area contributed by atoms with Gasteiger partial charge in [-0.05, 0) is 41.0 Å². The van der Waals surface area contributed by atoms with Crippen LogP contribution >= 0.6 is 38.6 Å². The Kier molecular flexibility index (Phi) is 4.73. The van der Waals surface area contributed by atoms with Crippen LogP contribution in [-0.2, 0) is 6.42 Å². The minimum absolute atomic E-state index is 0.376. The van der Waals surface area contributed by atoms with Crippen molar-refractivity contribution in [3.63, 3.8) is 0 Å². The Morgan fingerprint density at radius 2 is 2.35 bits per heavy atom. The van der Waals surface area contributed by atoms with Crippen molar-refractivity contribution in [2.45, 2.75) is 26.3 Å². The number of aryl methyl sites for hydroxylation is 1. The molecule has 5 heteroatoms. The quantitative estimate of drug-likeness (QED) is 0.889. The molecule has 2 nitrogen and oxygen atoms in total. The number of nitrogens with zero attached hydrogens (tertiary/aromatic N) is 1. The highest BCUT2D eigenvalue weighted by Crippen LogP contribution is 2.33. The summed E-state index contributed by atoms with van der Waals surface area (Å²) in [4.78, 5) is 5.75. The third-order valence-corrected chi connectivity index (χ3v) is 5.58. The molecule has 0 aliphatic heterocycles. The summed E-state index contributed by atoms with van der Waals surface area (Å²) >= 11 is 7.13. The summed E-state index contributed by atoms with van der Waals surface area (Å²) in [6.07, 6.45) is 2.84. The lowest BCUT2D eigenvalue weighted by atomic mass is 10.1. The Bertz CT molecular complexity index is 445. The first-order valence-electron chi connectivity index (χ1n) is 5.58. The predicted molar refractivity (Wildman–Crippen MR) is 79.0 cm³/mol. The number of halogens is 1. The lowest BCUT2D eigenvalue weighted by Gasteiger charge is -2.14. The molecule has 1 unspecified atom stereocenters. The summed E-state index contributed by atoms with van der Waals surface area (Å²) in [7, 11) is 0. The molecule has 0 bridgehead atoms. The van der Waals surface area contributed by atoms with Crippen LogP contribution in [0.4, 0.5) is 0 Å². The Hall–Kier alpha value is -0.230. The topological polar surface area (TPSA) is 24.9 Å². The monoisotopic (exact) mass is 330 g/mol. The van der Waals surface area contributed by atoms with Gasteiger partial charge in [0, 0.05) is 28.9 Å². The van der Waals surface area contributed by atoms with E-state index in [-0.39, 0.29) is 0 Å². The lowest BCUT2D eigenvalue weighted by Crippen LogP contribution is -2.22. The summed E-state index contributed by atoms with van der Waals surface area (Å²) in [6, 6.07) is 2.64. The van der Waals surface area contributed by atoms with Crippen molar-refractivity contribution in [3.8, 4) is 0 Å². The van der Waals surface area contributed by atoms with E-state index in [4.69, 9.17) is 0 Å². The largest absolute Gasteiger partial charge is 0.309 e. The molecule has 0 amide bonds. The van der Waals surface area contributed by atoms with E-state index in [1.807, 2.05) is 22.9 Å². The van der Waals surface area contributed by atoms with Gasteiger partial charge in [0.25, 0.3) is 0 Å². The second-order valence-electron chi connectivity index (χ2n) is 3.85. The van der Waals surface area contributed by atoms with Gasteiger partial charge in [0.05, 0.1) is 8.79 Å². The normalized spacial score (nSPS) is 12.9. The van der Waals surface area contributed by atoms with Gasteiger partial charge in [-0.15, -0.1) is 22.7 Å². The van der Waals surface area contributed by atoms with Gasteiger partial charge in [0.15, 0.2) is 0 Å². The fraction of sp³-hybridized carbons (Fsp3) is 0.417. The highest BCUT2D eigenvalue weighted by Gasteiger charge is 2.16. The van der Waals surface area contributed by atoms with Gasteiger partial charge in [-0.2, -0.15) is 0 Å². The number of hydrogen-bond donors (Lipinski definition) is 1. The SMILES string of the molecule is CCNC(Cc1nccs1)c1cc(C)c(Br)s1. The maximum atomic E-state index is 4.36. The van der Waals surface area contributed by atoms with E-state index in [9.17, 15) is 0 Å². The zero-order valence-corrected chi connectivity index (χ0v) is 13.1. The van der Waals surface area contributed by atoms with Crippen molar-refractivity contribution in [1.82, 2.24) is 10.3 Å². The number of thiazole rings is 1. The highest BCUT2D eigenvalue weighted by atomic mass is 79.9. The summed E-state index contributed by atoms with van der Waals surface area (Å²) in [5.41, 5.74) is 1.31. The molecular formula is C12H15BrN2S2. The third kappa shape index (κ3) is 3.37. The lowest BCUT2D eigenvalue weighted by molar-refractivity contribution is 0.557. The van der Waals surface area contributed by atoms with Crippen LogP contribution in [-0.4, -0.2) is 11.5 Å². The molecule has 2 rings (SSSR count). The molecule has 2 heterocycles. The molecule has 0 saturated carbocycles. The first kappa shape index (κ1) is 13.2. The van der Waals surface area contributed by atoms with Crippen LogP contribution in [0, 0.1) is 6.92 Å². The van der Waals surface area contributed by atoms with Gasteiger partial charge in [0.1, 0.15) is 0 Å². The van der Waals surface area contributed by atoms with Crippen LogP contribution in [0.15, 0.2) is 21.4 Å². The number of nitrogens with one attached hydrogen (secondary N) is 1. The summed E-state index contributed by atoms with van der Waals surface area (Å²) < 4.78 is 1.23. The average Bonchev–Trinajstić information content (AvgIpc) is 2.90. The molecule has 0 aliphatic carbocycles. The molecule has 2 aromatic heterocycles. The van der Waals surface area contributed by atoms with Crippen molar-refractivity contribution < 1.29 is 0 Å². The Morgan fingerprint density at radius 1 is 1.53 bits per heavy atom. The average molecular weight is 331 g/mol. The van der Waals surface area contributed by atoms with Crippen LogP contribution in [0.5, 0.6) is 0 Å². The zero-order chi connectivity index (χ0) is 12.3. The number of likely N-dealkylation sites (N-methyl/N-ethyl adjacent to an activating group) is 1.